The normalized spacial score (nSPS) is 16.5. The fraction of sp³-hybridized carbons (Fsp3) is 0.261. The number of aryl methyl sites for hydroxylation is 2. The Kier molecular flexibility index (Phi) is 5.53. The van der Waals surface area contributed by atoms with Crippen molar-refractivity contribution in [3.8, 4) is 0 Å². The number of nitrogens with zero attached hydrogens (tertiary/aromatic N) is 3. The molecule has 2 heterocycles. The molecule has 1 aliphatic rings. The largest absolute Gasteiger partial charge is 0.370 e. The Balaban J connectivity index is 1.49. The minimum atomic E-state index is -0.0983. The zero-order chi connectivity index (χ0) is 20.2. The van der Waals surface area contributed by atoms with Gasteiger partial charge in [-0.1, -0.05) is 36.4 Å². The van der Waals surface area contributed by atoms with E-state index in [4.69, 9.17) is 4.74 Å². The number of anilines is 2. The first-order valence-corrected chi connectivity index (χ1v) is 9.74. The predicted molar refractivity (Wildman–Crippen MR) is 112 cm³/mol. The minimum Gasteiger partial charge on any atom is -0.370 e. The summed E-state index contributed by atoms with van der Waals surface area (Å²) in [5, 5.41) is 3.20. The lowest BCUT2D eigenvalue weighted by Gasteiger charge is -2.33. The molecule has 6 heteroatoms. The van der Waals surface area contributed by atoms with Crippen LogP contribution >= 0.6 is 0 Å². The van der Waals surface area contributed by atoms with E-state index in [0.29, 0.717) is 31.2 Å². The Hall–Kier alpha value is -3.25. The van der Waals surface area contributed by atoms with Crippen molar-refractivity contribution in [2.45, 2.75) is 20.0 Å². The molecule has 1 aromatic heterocycles. The maximum Gasteiger partial charge on any atom is 0.254 e. The van der Waals surface area contributed by atoms with Gasteiger partial charge >= 0.3 is 0 Å². The number of carbonyl (C=O) groups is 1. The van der Waals surface area contributed by atoms with Crippen LogP contribution in [0.4, 0.5) is 11.6 Å². The molecule has 29 heavy (non-hydrogen) atoms. The van der Waals surface area contributed by atoms with Crippen LogP contribution in [-0.4, -0.2) is 40.5 Å². The van der Waals surface area contributed by atoms with Crippen LogP contribution in [0.15, 0.2) is 60.7 Å². The molecule has 1 N–H and O–H groups in total. The van der Waals surface area contributed by atoms with Crippen molar-refractivity contribution in [3.05, 3.63) is 83.2 Å². The zero-order valence-electron chi connectivity index (χ0n) is 16.6. The van der Waals surface area contributed by atoms with E-state index in [1.54, 1.807) is 0 Å². The van der Waals surface area contributed by atoms with E-state index >= 15 is 0 Å². The standard InChI is InChI=1S/C23H24N4O2/c1-16-13-17(2)25-23(24-16)26-20-10-6-9-19(14-20)22(28)27-11-12-29-21(15-27)18-7-4-3-5-8-18/h3-10,13-14,21H,11-12,15H2,1-2H3,(H,24,25,26)/t21-/m0/s1. The van der Waals surface area contributed by atoms with Crippen LogP contribution in [0.3, 0.4) is 0 Å². The van der Waals surface area contributed by atoms with Crippen LogP contribution in [-0.2, 0) is 4.74 Å². The second-order valence-electron chi connectivity index (χ2n) is 7.20. The van der Waals surface area contributed by atoms with Gasteiger partial charge in [0.25, 0.3) is 5.91 Å². The number of hydrogen-bond acceptors (Lipinski definition) is 5. The highest BCUT2D eigenvalue weighted by Crippen LogP contribution is 2.24. The lowest BCUT2D eigenvalue weighted by Crippen LogP contribution is -2.42. The summed E-state index contributed by atoms with van der Waals surface area (Å²) in [4.78, 5) is 23.8. The molecule has 1 saturated heterocycles. The van der Waals surface area contributed by atoms with Gasteiger partial charge < -0.3 is 15.0 Å². The molecular weight excluding hydrogens is 364 g/mol. The maximum absolute atomic E-state index is 13.1. The van der Waals surface area contributed by atoms with Gasteiger partial charge in [0.1, 0.15) is 6.10 Å². The summed E-state index contributed by atoms with van der Waals surface area (Å²) in [7, 11) is 0. The molecule has 0 unspecified atom stereocenters. The molecule has 0 saturated carbocycles. The molecule has 3 aromatic rings. The molecule has 6 nitrogen and oxygen atoms in total. The van der Waals surface area contributed by atoms with Crippen LogP contribution < -0.4 is 5.32 Å². The topological polar surface area (TPSA) is 67.4 Å². The summed E-state index contributed by atoms with van der Waals surface area (Å²) in [5.74, 6) is 0.529. The van der Waals surface area contributed by atoms with Crippen molar-refractivity contribution in [1.82, 2.24) is 14.9 Å². The predicted octanol–water partition coefficient (Wildman–Crippen LogP) is 4.05. The Labute approximate surface area is 170 Å². The van der Waals surface area contributed by atoms with Gasteiger partial charge in [0.2, 0.25) is 5.95 Å². The minimum absolute atomic E-state index is 0.000720. The monoisotopic (exact) mass is 388 g/mol. The molecule has 1 atom stereocenters. The molecule has 0 bridgehead atoms. The lowest BCUT2D eigenvalue weighted by atomic mass is 10.1. The van der Waals surface area contributed by atoms with Gasteiger partial charge in [0, 0.05) is 29.2 Å². The third-order valence-electron chi connectivity index (χ3n) is 4.87. The number of morpholine rings is 1. The average Bonchev–Trinajstić information content (AvgIpc) is 2.73. The molecule has 1 amide bonds. The molecule has 2 aromatic carbocycles. The number of ether oxygens (including phenoxy) is 1. The van der Waals surface area contributed by atoms with Crippen molar-refractivity contribution in [3.63, 3.8) is 0 Å². The number of carbonyl (C=O) groups excluding carboxylic acids is 1. The van der Waals surface area contributed by atoms with E-state index in [0.717, 1.165) is 22.6 Å². The summed E-state index contributed by atoms with van der Waals surface area (Å²) in [6, 6.07) is 19.4. The van der Waals surface area contributed by atoms with E-state index in [2.05, 4.69) is 15.3 Å². The first kappa shape index (κ1) is 19.1. The van der Waals surface area contributed by atoms with E-state index in [1.165, 1.54) is 0 Å². The summed E-state index contributed by atoms with van der Waals surface area (Å²) in [6.07, 6.45) is -0.0983. The second kappa shape index (κ2) is 8.41. The third-order valence-corrected chi connectivity index (χ3v) is 4.87. The SMILES string of the molecule is Cc1cc(C)nc(Nc2cccc(C(=O)N3CCO[C@H](c4ccccc4)C3)c2)n1. The Bertz CT molecular complexity index is 987. The fourth-order valence-electron chi connectivity index (χ4n) is 3.53. The Morgan fingerprint density at radius 2 is 1.79 bits per heavy atom. The number of hydrogen-bond donors (Lipinski definition) is 1. The first-order chi connectivity index (χ1) is 14.1. The number of nitrogens with one attached hydrogen (secondary N) is 1. The van der Waals surface area contributed by atoms with E-state index in [1.807, 2.05) is 79.4 Å². The summed E-state index contributed by atoms with van der Waals surface area (Å²) < 4.78 is 5.88. The summed E-state index contributed by atoms with van der Waals surface area (Å²) in [6.45, 7) is 5.52. The number of rotatable bonds is 4. The fourth-order valence-corrected chi connectivity index (χ4v) is 3.53. The molecule has 0 radical (unpaired) electrons. The van der Waals surface area contributed by atoms with Crippen LogP contribution in [0.2, 0.25) is 0 Å². The molecule has 1 aliphatic heterocycles. The molecule has 4 rings (SSSR count). The van der Waals surface area contributed by atoms with Gasteiger partial charge in [-0.2, -0.15) is 0 Å². The molecule has 0 spiro atoms. The van der Waals surface area contributed by atoms with Gasteiger partial charge in [-0.05, 0) is 43.7 Å². The third kappa shape index (κ3) is 4.60. The van der Waals surface area contributed by atoms with E-state index < -0.39 is 0 Å². The lowest BCUT2D eigenvalue weighted by molar-refractivity contribution is -0.0228. The molecule has 148 valence electrons. The van der Waals surface area contributed by atoms with Crippen molar-refractivity contribution in [1.29, 1.82) is 0 Å². The van der Waals surface area contributed by atoms with Gasteiger partial charge in [0.15, 0.2) is 0 Å². The van der Waals surface area contributed by atoms with E-state index in [9.17, 15) is 4.79 Å². The smallest absolute Gasteiger partial charge is 0.254 e. The quantitative estimate of drug-likeness (QED) is 0.730. The van der Waals surface area contributed by atoms with Crippen molar-refractivity contribution in [2.24, 2.45) is 0 Å². The average molecular weight is 388 g/mol. The number of aromatic nitrogens is 2. The zero-order valence-corrected chi connectivity index (χ0v) is 16.6. The highest BCUT2D eigenvalue weighted by atomic mass is 16.5. The molecule has 1 fully saturated rings. The number of benzene rings is 2. The van der Waals surface area contributed by atoms with Gasteiger partial charge in [-0.3, -0.25) is 4.79 Å². The van der Waals surface area contributed by atoms with Gasteiger partial charge in [-0.15, -0.1) is 0 Å². The van der Waals surface area contributed by atoms with Gasteiger partial charge in [0.05, 0.1) is 13.2 Å². The Morgan fingerprint density at radius 3 is 2.55 bits per heavy atom. The first-order valence-electron chi connectivity index (χ1n) is 9.74. The highest BCUT2D eigenvalue weighted by Gasteiger charge is 2.26. The number of amides is 1. The summed E-state index contributed by atoms with van der Waals surface area (Å²) >= 11 is 0. The van der Waals surface area contributed by atoms with Gasteiger partial charge in [-0.25, -0.2) is 9.97 Å². The van der Waals surface area contributed by atoms with Crippen molar-refractivity contribution in [2.75, 3.05) is 25.0 Å². The van der Waals surface area contributed by atoms with Crippen LogP contribution in [0.25, 0.3) is 0 Å². The molecule has 0 aliphatic carbocycles. The van der Waals surface area contributed by atoms with Crippen molar-refractivity contribution < 1.29 is 9.53 Å². The van der Waals surface area contributed by atoms with Crippen molar-refractivity contribution >= 4 is 17.5 Å². The Morgan fingerprint density at radius 1 is 1.03 bits per heavy atom. The van der Waals surface area contributed by atoms with E-state index in [-0.39, 0.29) is 12.0 Å². The molecular formula is C23H24N4O2. The van der Waals surface area contributed by atoms with Crippen LogP contribution in [0.5, 0.6) is 0 Å². The van der Waals surface area contributed by atoms with Crippen LogP contribution in [0.1, 0.15) is 33.4 Å². The maximum atomic E-state index is 13.1. The second-order valence-corrected chi connectivity index (χ2v) is 7.20. The van der Waals surface area contributed by atoms with Crippen LogP contribution in [0, 0.1) is 13.8 Å². The summed E-state index contributed by atoms with van der Waals surface area (Å²) in [5.41, 5.74) is 4.30. The highest BCUT2D eigenvalue weighted by molar-refractivity contribution is 5.95.